The van der Waals surface area contributed by atoms with Crippen molar-refractivity contribution < 1.29 is 18.1 Å². The van der Waals surface area contributed by atoms with E-state index in [1.807, 2.05) is 0 Å². The maximum Gasteiger partial charge on any atom is 0.270 e. The Hall–Kier alpha value is -2.00. The number of benzene rings is 1. The van der Waals surface area contributed by atoms with Crippen LogP contribution in [-0.4, -0.2) is 54.6 Å². The van der Waals surface area contributed by atoms with Gasteiger partial charge in [0.05, 0.1) is 9.82 Å². The third kappa shape index (κ3) is 3.65. The van der Waals surface area contributed by atoms with Crippen molar-refractivity contribution in [2.45, 2.75) is 37.0 Å². The zero-order valence-electron chi connectivity index (χ0n) is 15.7. The van der Waals surface area contributed by atoms with Crippen LogP contribution in [0.1, 0.15) is 32.1 Å². The van der Waals surface area contributed by atoms with Gasteiger partial charge in [0, 0.05) is 44.7 Å². The van der Waals surface area contributed by atoms with Gasteiger partial charge >= 0.3 is 0 Å². The van der Waals surface area contributed by atoms with E-state index in [1.54, 1.807) is 4.90 Å². The monoisotopic (exact) mass is 407 g/mol. The van der Waals surface area contributed by atoms with Crippen molar-refractivity contribution in [2.75, 3.05) is 26.2 Å². The number of hydrogen-bond acceptors (Lipinski definition) is 5. The van der Waals surface area contributed by atoms with Crippen LogP contribution in [0.5, 0.6) is 0 Å². The molecular weight excluding hydrogens is 382 g/mol. The molecule has 1 amide bonds. The number of hydrogen-bond donors (Lipinski definition) is 0. The molecule has 8 nitrogen and oxygen atoms in total. The molecule has 2 saturated carbocycles. The van der Waals surface area contributed by atoms with Gasteiger partial charge in [-0.3, -0.25) is 14.9 Å². The van der Waals surface area contributed by atoms with Crippen molar-refractivity contribution in [1.82, 2.24) is 9.21 Å². The highest BCUT2D eigenvalue weighted by Gasteiger charge is 2.41. The lowest BCUT2D eigenvalue weighted by molar-refractivity contribution is -0.385. The average Bonchev–Trinajstić information content (AvgIpc) is 3.31. The van der Waals surface area contributed by atoms with Gasteiger partial charge in [-0.1, -0.05) is 12.5 Å². The summed E-state index contributed by atoms with van der Waals surface area (Å²) in [5.74, 6) is 2.13. The first kappa shape index (κ1) is 19.3. The Morgan fingerprint density at radius 1 is 1.14 bits per heavy atom. The van der Waals surface area contributed by atoms with E-state index in [4.69, 9.17) is 0 Å². The Bertz CT molecular complexity index is 879. The molecule has 0 radical (unpaired) electrons. The van der Waals surface area contributed by atoms with Crippen molar-refractivity contribution in [3.05, 3.63) is 34.4 Å². The Kier molecular flexibility index (Phi) is 5.13. The van der Waals surface area contributed by atoms with Crippen LogP contribution in [0.3, 0.4) is 0 Å². The molecule has 152 valence electrons. The number of piperazine rings is 1. The van der Waals surface area contributed by atoms with E-state index in [-0.39, 0.29) is 29.6 Å². The highest BCUT2D eigenvalue weighted by molar-refractivity contribution is 7.89. The van der Waals surface area contributed by atoms with E-state index in [1.165, 1.54) is 41.8 Å². The van der Waals surface area contributed by atoms with Gasteiger partial charge in [-0.2, -0.15) is 4.31 Å². The van der Waals surface area contributed by atoms with E-state index in [9.17, 15) is 23.3 Å². The Morgan fingerprint density at radius 3 is 2.50 bits per heavy atom. The lowest BCUT2D eigenvalue weighted by atomic mass is 9.86. The second kappa shape index (κ2) is 7.44. The Labute approximate surface area is 164 Å². The van der Waals surface area contributed by atoms with Gasteiger partial charge in [0.2, 0.25) is 15.9 Å². The molecular formula is C19H25N3O5S. The molecule has 3 aliphatic rings. The van der Waals surface area contributed by atoms with Gasteiger partial charge in [0.25, 0.3) is 5.69 Å². The van der Waals surface area contributed by atoms with Gasteiger partial charge in [-0.15, -0.1) is 0 Å². The van der Waals surface area contributed by atoms with E-state index in [0.717, 1.165) is 18.4 Å². The largest absolute Gasteiger partial charge is 0.340 e. The fourth-order valence-corrected chi connectivity index (χ4v) is 6.53. The summed E-state index contributed by atoms with van der Waals surface area (Å²) in [6.45, 7) is 1.17. The number of carbonyl (C=O) groups is 1. The van der Waals surface area contributed by atoms with Gasteiger partial charge in [-0.05, 0) is 43.1 Å². The van der Waals surface area contributed by atoms with Crippen molar-refractivity contribution in [3.8, 4) is 0 Å². The van der Waals surface area contributed by atoms with Crippen LogP contribution in [0.4, 0.5) is 5.69 Å². The van der Waals surface area contributed by atoms with Crippen LogP contribution in [0.25, 0.3) is 0 Å². The zero-order valence-corrected chi connectivity index (χ0v) is 16.5. The van der Waals surface area contributed by atoms with Gasteiger partial charge in [0.1, 0.15) is 0 Å². The minimum absolute atomic E-state index is 0.0801. The molecule has 0 unspecified atom stereocenters. The van der Waals surface area contributed by atoms with Gasteiger partial charge in [-0.25, -0.2) is 8.42 Å². The van der Waals surface area contributed by atoms with E-state index < -0.39 is 14.9 Å². The molecule has 0 aromatic heterocycles. The standard InChI is InChI=1S/C19H25N3O5S/c23-19(12-16-11-14-4-5-15(16)10-14)20-6-8-21(9-7-20)28(26,27)18-3-1-2-17(13-18)22(24)25/h1-3,13-16H,4-12H2/t14-,15-,16-/m1/s1. The number of nitro benzene ring substituents is 1. The maximum absolute atomic E-state index is 12.8. The zero-order chi connectivity index (χ0) is 19.9. The number of non-ortho nitro benzene ring substituents is 1. The molecule has 1 aromatic rings. The molecule has 1 saturated heterocycles. The third-order valence-electron chi connectivity index (χ3n) is 6.58. The van der Waals surface area contributed by atoms with Crippen LogP contribution in [0.2, 0.25) is 0 Å². The fourth-order valence-electron chi connectivity index (χ4n) is 5.06. The number of nitrogens with zero attached hydrogens (tertiary/aromatic N) is 3. The van der Waals surface area contributed by atoms with Crippen molar-refractivity contribution >= 4 is 21.6 Å². The second-order valence-corrected chi connectivity index (χ2v) is 10.1. The maximum atomic E-state index is 12.8. The fraction of sp³-hybridized carbons (Fsp3) is 0.632. The summed E-state index contributed by atoms with van der Waals surface area (Å²) in [5, 5.41) is 10.9. The van der Waals surface area contributed by atoms with Crippen molar-refractivity contribution in [1.29, 1.82) is 0 Å². The molecule has 2 aliphatic carbocycles. The normalized spacial score (nSPS) is 27.9. The van der Waals surface area contributed by atoms with E-state index in [0.29, 0.717) is 31.3 Å². The number of carbonyl (C=O) groups excluding carboxylic acids is 1. The molecule has 1 aromatic carbocycles. The highest BCUT2D eigenvalue weighted by Crippen LogP contribution is 2.49. The Balaban J connectivity index is 1.36. The molecule has 2 bridgehead atoms. The second-order valence-electron chi connectivity index (χ2n) is 8.18. The number of sulfonamides is 1. The molecule has 0 N–H and O–H groups in total. The smallest absolute Gasteiger partial charge is 0.270 e. The quantitative estimate of drug-likeness (QED) is 0.550. The van der Waals surface area contributed by atoms with Crippen molar-refractivity contribution in [3.63, 3.8) is 0 Å². The average molecular weight is 407 g/mol. The SMILES string of the molecule is O=C(C[C@H]1C[C@@H]2CC[C@@H]1C2)N1CCN(S(=O)(=O)c2cccc([N+](=O)[O-])c2)CC1. The Morgan fingerprint density at radius 2 is 1.89 bits per heavy atom. The highest BCUT2D eigenvalue weighted by atomic mass is 32.2. The predicted molar refractivity (Wildman–Crippen MR) is 102 cm³/mol. The first-order valence-electron chi connectivity index (χ1n) is 9.87. The van der Waals surface area contributed by atoms with Crippen LogP contribution in [-0.2, 0) is 14.8 Å². The number of fused-ring (bicyclic) bond motifs is 2. The molecule has 9 heteroatoms. The molecule has 0 spiro atoms. The molecule has 3 atom stereocenters. The van der Waals surface area contributed by atoms with Crippen molar-refractivity contribution in [2.24, 2.45) is 17.8 Å². The van der Waals surface area contributed by atoms with E-state index in [2.05, 4.69) is 0 Å². The lowest BCUT2D eigenvalue weighted by Crippen LogP contribution is -2.50. The van der Waals surface area contributed by atoms with Gasteiger partial charge in [0.15, 0.2) is 0 Å². The summed E-state index contributed by atoms with van der Waals surface area (Å²) in [5.41, 5.74) is -0.249. The molecule has 3 fully saturated rings. The topological polar surface area (TPSA) is 101 Å². The minimum Gasteiger partial charge on any atom is -0.340 e. The lowest BCUT2D eigenvalue weighted by Gasteiger charge is -2.35. The van der Waals surface area contributed by atoms with Gasteiger partial charge < -0.3 is 4.90 Å². The predicted octanol–water partition coefficient (Wildman–Crippen LogP) is 2.25. The van der Waals surface area contributed by atoms with Crippen LogP contribution in [0.15, 0.2) is 29.2 Å². The minimum atomic E-state index is -3.81. The first-order valence-corrected chi connectivity index (χ1v) is 11.3. The van der Waals surface area contributed by atoms with E-state index >= 15 is 0 Å². The molecule has 28 heavy (non-hydrogen) atoms. The summed E-state index contributed by atoms with van der Waals surface area (Å²) in [6.07, 6.45) is 5.57. The van der Waals surface area contributed by atoms with Crippen LogP contribution >= 0.6 is 0 Å². The van der Waals surface area contributed by atoms with Crippen LogP contribution < -0.4 is 0 Å². The summed E-state index contributed by atoms with van der Waals surface area (Å²) >= 11 is 0. The summed E-state index contributed by atoms with van der Waals surface area (Å²) in [7, 11) is -3.81. The first-order chi connectivity index (χ1) is 13.3. The number of nitro groups is 1. The number of rotatable bonds is 5. The summed E-state index contributed by atoms with van der Waals surface area (Å²) in [6, 6.07) is 5.10. The third-order valence-corrected chi connectivity index (χ3v) is 8.47. The summed E-state index contributed by atoms with van der Waals surface area (Å²) < 4.78 is 26.9. The number of amides is 1. The molecule has 1 heterocycles. The molecule has 4 rings (SSSR count). The molecule has 1 aliphatic heterocycles. The summed E-state index contributed by atoms with van der Waals surface area (Å²) in [4.78, 5) is 24.7. The van der Waals surface area contributed by atoms with Crippen LogP contribution in [0, 0.1) is 27.9 Å².